The minimum atomic E-state index is -0.631. The standard InChI is InChI=1S/C13H19NO2/c1-9(2)16-12-10(3)7-11(8-14-12)13(15)5-4-6-13/h7-9,15H,4-6H2,1-3H3. The monoisotopic (exact) mass is 221 g/mol. The Kier molecular flexibility index (Phi) is 2.89. The molecule has 0 amide bonds. The van der Waals surface area contributed by atoms with Crippen molar-refractivity contribution in [3.05, 3.63) is 23.4 Å². The molecule has 1 heterocycles. The number of hydrogen-bond donors (Lipinski definition) is 1. The van der Waals surface area contributed by atoms with Crippen LogP contribution in [0, 0.1) is 6.92 Å². The van der Waals surface area contributed by atoms with Gasteiger partial charge in [0.2, 0.25) is 5.88 Å². The molecule has 1 aromatic rings. The van der Waals surface area contributed by atoms with E-state index in [1.165, 1.54) is 0 Å². The van der Waals surface area contributed by atoms with Gasteiger partial charge in [-0.25, -0.2) is 4.98 Å². The molecule has 0 saturated heterocycles. The van der Waals surface area contributed by atoms with Crippen LogP contribution in [-0.4, -0.2) is 16.2 Å². The van der Waals surface area contributed by atoms with Crippen molar-refractivity contribution in [2.45, 2.75) is 51.7 Å². The molecule has 1 N–H and O–H groups in total. The highest BCUT2D eigenvalue weighted by Crippen LogP contribution is 2.41. The predicted octanol–water partition coefficient (Wildman–Crippen LogP) is 2.55. The molecule has 0 aromatic carbocycles. The molecule has 3 nitrogen and oxygen atoms in total. The van der Waals surface area contributed by atoms with Gasteiger partial charge in [-0.3, -0.25) is 0 Å². The van der Waals surface area contributed by atoms with E-state index in [9.17, 15) is 5.11 Å². The average molecular weight is 221 g/mol. The smallest absolute Gasteiger partial charge is 0.216 e. The topological polar surface area (TPSA) is 42.4 Å². The Morgan fingerprint density at radius 1 is 1.44 bits per heavy atom. The second-order valence-corrected chi connectivity index (χ2v) is 4.90. The molecule has 0 bridgehead atoms. The fraction of sp³-hybridized carbons (Fsp3) is 0.615. The molecule has 0 aliphatic heterocycles. The molecule has 0 unspecified atom stereocenters. The van der Waals surface area contributed by atoms with Gasteiger partial charge in [-0.05, 0) is 46.1 Å². The molecule has 1 saturated carbocycles. The van der Waals surface area contributed by atoms with Crippen LogP contribution in [0.1, 0.15) is 44.2 Å². The SMILES string of the molecule is Cc1cc(C2(O)CCC2)cnc1OC(C)C. The van der Waals surface area contributed by atoms with Gasteiger partial charge in [0.05, 0.1) is 11.7 Å². The molecule has 0 atom stereocenters. The second-order valence-electron chi connectivity index (χ2n) is 4.90. The molecule has 3 heteroatoms. The minimum absolute atomic E-state index is 0.129. The summed E-state index contributed by atoms with van der Waals surface area (Å²) >= 11 is 0. The minimum Gasteiger partial charge on any atom is -0.475 e. The lowest BCUT2D eigenvalue weighted by Crippen LogP contribution is -2.33. The molecule has 1 aliphatic rings. The Labute approximate surface area is 96.5 Å². The van der Waals surface area contributed by atoms with Gasteiger partial charge in [0.25, 0.3) is 0 Å². The van der Waals surface area contributed by atoms with Crippen LogP contribution in [0.5, 0.6) is 5.88 Å². The molecule has 1 aliphatic carbocycles. The van der Waals surface area contributed by atoms with E-state index in [0.29, 0.717) is 5.88 Å². The van der Waals surface area contributed by atoms with Gasteiger partial charge in [0.1, 0.15) is 0 Å². The Morgan fingerprint density at radius 3 is 2.56 bits per heavy atom. The van der Waals surface area contributed by atoms with Gasteiger partial charge in [-0.15, -0.1) is 0 Å². The maximum atomic E-state index is 10.2. The highest BCUT2D eigenvalue weighted by molar-refractivity contribution is 5.32. The molecule has 1 fully saturated rings. The van der Waals surface area contributed by atoms with Crippen LogP contribution in [0.2, 0.25) is 0 Å². The molecular weight excluding hydrogens is 202 g/mol. The largest absolute Gasteiger partial charge is 0.475 e. The summed E-state index contributed by atoms with van der Waals surface area (Å²) in [6.45, 7) is 5.93. The van der Waals surface area contributed by atoms with E-state index in [0.717, 1.165) is 30.4 Å². The van der Waals surface area contributed by atoms with Crippen LogP contribution in [0.3, 0.4) is 0 Å². The van der Waals surface area contributed by atoms with Gasteiger partial charge in [0.15, 0.2) is 0 Å². The van der Waals surface area contributed by atoms with E-state index in [4.69, 9.17) is 4.74 Å². The third kappa shape index (κ3) is 2.05. The maximum absolute atomic E-state index is 10.2. The van der Waals surface area contributed by atoms with Crippen LogP contribution < -0.4 is 4.74 Å². The number of aryl methyl sites for hydroxylation is 1. The number of aromatic nitrogens is 1. The van der Waals surface area contributed by atoms with Crippen molar-refractivity contribution < 1.29 is 9.84 Å². The third-order valence-corrected chi connectivity index (χ3v) is 3.10. The molecule has 88 valence electrons. The summed E-state index contributed by atoms with van der Waals surface area (Å²) in [5, 5.41) is 10.2. The van der Waals surface area contributed by atoms with Crippen molar-refractivity contribution in [3.8, 4) is 5.88 Å². The molecular formula is C13H19NO2. The average Bonchev–Trinajstić information content (AvgIpc) is 2.17. The van der Waals surface area contributed by atoms with Crippen LogP contribution in [0.25, 0.3) is 0 Å². The summed E-state index contributed by atoms with van der Waals surface area (Å²) in [6, 6.07) is 1.99. The zero-order valence-electron chi connectivity index (χ0n) is 10.2. The van der Waals surface area contributed by atoms with Crippen LogP contribution in [0.4, 0.5) is 0 Å². The quantitative estimate of drug-likeness (QED) is 0.853. The summed E-state index contributed by atoms with van der Waals surface area (Å²) in [5.41, 5.74) is 1.28. The molecule has 0 spiro atoms. The zero-order chi connectivity index (χ0) is 11.8. The zero-order valence-corrected chi connectivity index (χ0v) is 10.2. The first-order valence-corrected chi connectivity index (χ1v) is 5.87. The first-order chi connectivity index (χ1) is 7.51. The van der Waals surface area contributed by atoms with Gasteiger partial charge in [-0.1, -0.05) is 0 Å². The van der Waals surface area contributed by atoms with E-state index in [2.05, 4.69) is 4.98 Å². The number of nitrogens with zero attached hydrogens (tertiary/aromatic N) is 1. The first kappa shape index (κ1) is 11.4. The van der Waals surface area contributed by atoms with Crippen LogP contribution >= 0.6 is 0 Å². The highest BCUT2D eigenvalue weighted by Gasteiger charge is 2.36. The van der Waals surface area contributed by atoms with Crippen molar-refractivity contribution >= 4 is 0 Å². The summed E-state index contributed by atoms with van der Waals surface area (Å²) in [5.74, 6) is 0.668. The van der Waals surface area contributed by atoms with E-state index in [-0.39, 0.29) is 6.10 Å². The van der Waals surface area contributed by atoms with E-state index < -0.39 is 5.60 Å². The Bertz CT molecular complexity index is 384. The van der Waals surface area contributed by atoms with E-state index >= 15 is 0 Å². The normalized spacial score (nSPS) is 18.3. The van der Waals surface area contributed by atoms with Gasteiger partial charge in [-0.2, -0.15) is 0 Å². The second kappa shape index (κ2) is 4.06. The lowest BCUT2D eigenvalue weighted by atomic mass is 9.75. The number of hydrogen-bond acceptors (Lipinski definition) is 3. The maximum Gasteiger partial charge on any atom is 0.216 e. The van der Waals surface area contributed by atoms with Crippen molar-refractivity contribution in [1.82, 2.24) is 4.98 Å². The Balaban J connectivity index is 2.22. The van der Waals surface area contributed by atoms with Crippen molar-refractivity contribution in [2.75, 3.05) is 0 Å². The third-order valence-electron chi connectivity index (χ3n) is 3.10. The lowest BCUT2D eigenvalue weighted by molar-refractivity contribution is -0.0391. The Hall–Kier alpha value is -1.09. The van der Waals surface area contributed by atoms with Crippen LogP contribution in [-0.2, 0) is 5.60 Å². The van der Waals surface area contributed by atoms with Crippen molar-refractivity contribution in [2.24, 2.45) is 0 Å². The van der Waals surface area contributed by atoms with E-state index in [1.807, 2.05) is 26.8 Å². The van der Waals surface area contributed by atoms with Crippen molar-refractivity contribution in [3.63, 3.8) is 0 Å². The Morgan fingerprint density at radius 2 is 2.12 bits per heavy atom. The van der Waals surface area contributed by atoms with Crippen molar-refractivity contribution in [1.29, 1.82) is 0 Å². The highest BCUT2D eigenvalue weighted by atomic mass is 16.5. The molecule has 2 rings (SSSR count). The summed E-state index contributed by atoms with van der Waals surface area (Å²) < 4.78 is 5.57. The first-order valence-electron chi connectivity index (χ1n) is 5.87. The van der Waals surface area contributed by atoms with Crippen LogP contribution in [0.15, 0.2) is 12.3 Å². The number of pyridine rings is 1. The lowest BCUT2D eigenvalue weighted by Gasteiger charge is -2.37. The number of ether oxygens (including phenoxy) is 1. The number of rotatable bonds is 3. The van der Waals surface area contributed by atoms with E-state index in [1.54, 1.807) is 6.20 Å². The van der Waals surface area contributed by atoms with Gasteiger partial charge in [0, 0.05) is 17.3 Å². The molecule has 16 heavy (non-hydrogen) atoms. The van der Waals surface area contributed by atoms with Gasteiger partial charge >= 0.3 is 0 Å². The fourth-order valence-electron chi connectivity index (χ4n) is 1.96. The predicted molar refractivity (Wildman–Crippen MR) is 62.5 cm³/mol. The molecule has 0 radical (unpaired) electrons. The number of aliphatic hydroxyl groups is 1. The summed E-state index contributed by atoms with van der Waals surface area (Å²) in [6.07, 6.45) is 4.66. The summed E-state index contributed by atoms with van der Waals surface area (Å²) in [4.78, 5) is 4.28. The molecule has 1 aromatic heterocycles. The summed E-state index contributed by atoms with van der Waals surface area (Å²) in [7, 11) is 0. The van der Waals surface area contributed by atoms with Gasteiger partial charge < -0.3 is 9.84 Å². The fourth-order valence-corrected chi connectivity index (χ4v) is 1.96.